The van der Waals surface area contributed by atoms with Gasteiger partial charge < -0.3 is 15.8 Å². The molecule has 1 atom stereocenters. The number of halogens is 1. The molecule has 6 nitrogen and oxygen atoms in total. The fraction of sp³-hybridized carbons (Fsp3) is 0.423. The average Bonchev–Trinajstić information content (AvgIpc) is 3.18. The van der Waals surface area contributed by atoms with Gasteiger partial charge in [-0.2, -0.15) is 0 Å². The van der Waals surface area contributed by atoms with Gasteiger partial charge in [-0.05, 0) is 50.3 Å². The van der Waals surface area contributed by atoms with Crippen LogP contribution in [0, 0.1) is 19.8 Å². The summed E-state index contributed by atoms with van der Waals surface area (Å²) in [5, 5.41) is 4.02. The van der Waals surface area contributed by atoms with E-state index in [1.54, 1.807) is 13.1 Å². The molecule has 3 N–H and O–H groups in total. The molecule has 184 valence electrons. The highest BCUT2D eigenvalue weighted by Crippen LogP contribution is 2.32. The minimum atomic E-state index is -0.244. The number of carbonyl (C=O) groups is 1. The van der Waals surface area contributed by atoms with Crippen molar-refractivity contribution in [2.75, 3.05) is 24.3 Å². The smallest absolute Gasteiger partial charge is 0.208 e. The molecule has 3 aromatic rings. The molecule has 8 heteroatoms. The van der Waals surface area contributed by atoms with Crippen molar-refractivity contribution in [1.82, 2.24) is 9.97 Å². The van der Waals surface area contributed by atoms with Gasteiger partial charge in [-0.15, -0.1) is 0 Å². The van der Waals surface area contributed by atoms with Crippen LogP contribution in [0.4, 0.5) is 16.6 Å². The lowest BCUT2D eigenvalue weighted by Gasteiger charge is -2.07. The summed E-state index contributed by atoms with van der Waals surface area (Å²) in [4.78, 5) is 21.3. The molecular weight excluding hydrogens is 468 g/mol. The molecule has 0 aliphatic heterocycles. The van der Waals surface area contributed by atoms with E-state index in [9.17, 15) is 4.79 Å². The van der Waals surface area contributed by atoms with Crippen LogP contribution in [0.25, 0.3) is 0 Å². The molecule has 2 heterocycles. The van der Waals surface area contributed by atoms with Gasteiger partial charge in [0.05, 0.1) is 5.02 Å². The molecule has 0 aliphatic carbocycles. The van der Waals surface area contributed by atoms with Crippen molar-refractivity contribution in [1.29, 1.82) is 0 Å². The second-order valence-electron chi connectivity index (χ2n) is 8.28. The molecule has 0 fully saturated rings. The van der Waals surface area contributed by atoms with Crippen molar-refractivity contribution in [2.24, 2.45) is 5.92 Å². The zero-order valence-corrected chi connectivity index (χ0v) is 22.2. The van der Waals surface area contributed by atoms with Crippen LogP contribution in [-0.2, 0) is 4.74 Å². The monoisotopic (exact) mass is 502 g/mol. The van der Waals surface area contributed by atoms with Gasteiger partial charge in [-0.1, -0.05) is 67.8 Å². The Bertz CT molecular complexity index is 1030. The maximum atomic E-state index is 12.8. The van der Waals surface area contributed by atoms with Crippen molar-refractivity contribution in [3.05, 3.63) is 63.2 Å². The standard InChI is InChI=1S/C17H15ClN4OS.C9H20O/c1-9-3-5-11(6-4-9)21-17-22-16(19)15(24-17)14(23)13-10(2)7-20-8-12(13)18;1-4-7-10-8-6-9(3)5-2/h3-8H,19H2,1-2H3,(H,21,22);9H,4-8H2,1-3H3. The topological polar surface area (TPSA) is 90.1 Å². The van der Waals surface area contributed by atoms with Gasteiger partial charge >= 0.3 is 0 Å². The zero-order valence-electron chi connectivity index (χ0n) is 20.7. The van der Waals surface area contributed by atoms with Crippen molar-refractivity contribution < 1.29 is 9.53 Å². The summed E-state index contributed by atoms with van der Waals surface area (Å²) in [5.41, 5.74) is 9.09. The van der Waals surface area contributed by atoms with E-state index in [2.05, 4.69) is 36.1 Å². The maximum Gasteiger partial charge on any atom is 0.208 e. The van der Waals surface area contributed by atoms with E-state index in [0.29, 0.717) is 26.2 Å². The number of rotatable bonds is 10. The van der Waals surface area contributed by atoms with Crippen LogP contribution in [-0.4, -0.2) is 29.0 Å². The number of nitrogens with one attached hydrogen (secondary N) is 1. The number of hydrogen-bond donors (Lipinski definition) is 2. The Balaban J connectivity index is 0.000000347. The number of aromatic nitrogens is 2. The number of nitrogens with two attached hydrogens (primary N) is 1. The van der Waals surface area contributed by atoms with Gasteiger partial charge in [0, 0.05) is 36.9 Å². The van der Waals surface area contributed by atoms with E-state index >= 15 is 0 Å². The average molecular weight is 503 g/mol. The summed E-state index contributed by atoms with van der Waals surface area (Å²) in [6.07, 6.45) is 6.68. The van der Waals surface area contributed by atoms with Crippen LogP contribution in [0.3, 0.4) is 0 Å². The molecule has 0 radical (unpaired) electrons. The number of thiazole rings is 1. The number of ether oxygens (including phenoxy) is 1. The van der Waals surface area contributed by atoms with E-state index in [1.807, 2.05) is 31.2 Å². The molecule has 0 saturated heterocycles. The molecule has 34 heavy (non-hydrogen) atoms. The maximum absolute atomic E-state index is 12.8. The quantitative estimate of drug-likeness (QED) is 0.225. The Hall–Kier alpha value is -2.48. The second kappa shape index (κ2) is 14.0. The second-order valence-corrected chi connectivity index (χ2v) is 9.69. The first-order valence-corrected chi connectivity index (χ1v) is 12.8. The number of carbonyl (C=O) groups excluding carboxylic acids is 1. The molecule has 0 aliphatic rings. The van der Waals surface area contributed by atoms with E-state index in [0.717, 1.165) is 36.8 Å². The molecule has 0 saturated carbocycles. The van der Waals surface area contributed by atoms with Crippen LogP contribution in [0.1, 0.15) is 66.4 Å². The van der Waals surface area contributed by atoms with E-state index < -0.39 is 0 Å². The molecule has 0 bridgehead atoms. The zero-order chi connectivity index (χ0) is 25.1. The number of benzene rings is 1. The van der Waals surface area contributed by atoms with Gasteiger partial charge in [0.2, 0.25) is 5.78 Å². The highest BCUT2D eigenvalue weighted by Gasteiger charge is 2.22. The largest absolute Gasteiger partial charge is 0.382 e. The normalized spacial score (nSPS) is 11.5. The number of nitrogens with zero attached hydrogens (tertiary/aromatic N) is 2. The predicted molar refractivity (Wildman–Crippen MR) is 144 cm³/mol. The van der Waals surface area contributed by atoms with Crippen molar-refractivity contribution in [3.8, 4) is 0 Å². The lowest BCUT2D eigenvalue weighted by molar-refractivity contribution is 0.104. The lowest BCUT2D eigenvalue weighted by Crippen LogP contribution is -2.06. The summed E-state index contributed by atoms with van der Waals surface area (Å²) < 4.78 is 5.36. The summed E-state index contributed by atoms with van der Waals surface area (Å²) in [7, 11) is 0. The van der Waals surface area contributed by atoms with Gasteiger partial charge in [0.1, 0.15) is 10.7 Å². The molecule has 1 aromatic carbocycles. The summed E-state index contributed by atoms with van der Waals surface area (Å²) in [6, 6.07) is 7.87. The third-order valence-corrected chi connectivity index (χ3v) is 6.55. The molecular formula is C26H35ClN4O2S. The minimum Gasteiger partial charge on any atom is -0.382 e. The van der Waals surface area contributed by atoms with Crippen LogP contribution >= 0.6 is 22.9 Å². The van der Waals surface area contributed by atoms with Gasteiger partial charge in [0.25, 0.3) is 0 Å². The summed E-state index contributed by atoms with van der Waals surface area (Å²) >= 11 is 7.33. The Morgan fingerprint density at radius 3 is 2.50 bits per heavy atom. The Labute approximate surface area is 211 Å². The number of aryl methyl sites for hydroxylation is 2. The number of nitrogen functional groups attached to an aromatic ring is 1. The first-order valence-electron chi connectivity index (χ1n) is 11.6. The van der Waals surface area contributed by atoms with Crippen molar-refractivity contribution in [3.63, 3.8) is 0 Å². The molecule has 0 spiro atoms. The van der Waals surface area contributed by atoms with Crippen molar-refractivity contribution >= 4 is 45.4 Å². The Morgan fingerprint density at radius 2 is 1.88 bits per heavy atom. The van der Waals surface area contributed by atoms with Crippen LogP contribution < -0.4 is 11.1 Å². The molecule has 0 amide bonds. The fourth-order valence-electron chi connectivity index (χ4n) is 2.98. The van der Waals surface area contributed by atoms with Gasteiger partial charge in [-0.25, -0.2) is 4.98 Å². The lowest BCUT2D eigenvalue weighted by atomic mass is 10.1. The predicted octanol–water partition coefficient (Wildman–Crippen LogP) is 7.21. The molecule has 1 unspecified atom stereocenters. The number of hydrogen-bond acceptors (Lipinski definition) is 7. The van der Waals surface area contributed by atoms with E-state index in [4.69, 9.17) is 22.1 Å². The number of pyridine rings is 1. The number of anilines is 3. The third-order valence-electron chi connectivity index (χ3n) is 5.28. The Kier molecular flexibility index (Phi) is 11.5. The van der Waals surface area contributed by atoms with Crippen molar-refractivity contribution in [2.45, 2.75) is 53.9 Å². The number of ketones is 1. The summed E-state index contributed by atoms with van der Waals surface area (Å²) in [6.45, 7) is 12.3. The van der Waals surface area contributed by atoms with E-state index in [1.165, 1.54) is 30.4 Å². The van der Waals surface area contributed by atoms with Gasteiger partial charge in [-0.3, -0.25) is 9.78 Å². The highest BCUT2D eigenvalue weighted by molar-refractivity contribution is 7.18. The van der Waals surface area contributed by atoms with Gasteiger partial charge in [0.15, 0.2) is 5.13 Å². The third kappa shape index (κ3) is 8.38. The summed E-state index contributed by atoms with van der Waals surface area (Å²) in [5.74, 6) is 0.774. The highest BCUT2D eigenvalue weighted by atomic mass is 35.5. The Morgan fingerprint density at radius 1 is 1.18 bits per heavy atom. The minimum absolute atomic E-state index is 0.187. The molecule has 3 rings (SSSR count). The fourth-order valence-corrected chi connectivity index (χ4v) is 4.12. The SMILES string of the molecule is CCCOCCC(C)CC.Cc1ccc(Nc2nc(N)c(C(=O)c3c(C)cncc3Cl)s2)cc1. The van der Waals surface area contributed by atoms with Crippen LogP contribution in [0.2, 0.25) is 5.02 Å². The first-order chi connectivity index (χ1) is 16.3. The molecule has 2 aromatic heterocycles. The van der Waals surface area contributed by atoms with Crippen LogP contribution in [0.15, 0.2) is 36.7 Å². The van der Waals surface area contributed by atoms with Crippen LogP contribution in [0.5, 0.6) is 0 Å². The first kappa shape index (κ1) is 27.8. The van der Waals surface area contributed by atoms with E-state index in [-0.39, 0.29) is 11.6 Å².